The van der Waals surface area contributed by atoms with Crippen molar-refractivity contribution in [3.8, 4) is 0 Å². The van der Waals surface area contributed by atoms with Gasteiger partial charge in [0.2, 0.25) is 0 Å². The third-order valence-corrected chi connectivity index (χ3v) is 7.21. The van der Waals surface area contributed by atoms with Crippen LogP contribution in [0.15, 0.2) is 40.2 Å². The van der Waals surface area contributed by atoms with Crippen molar-refractivity contribution < 1.29 is 0 Å². The van der Waals surface area contributed by atoms with Crippen molar-refractivity contribution in [3.05, 3.63) is 45.8 Å². The topological polar surface area (TPSA) is 0 Å². The summed E-state index contributed by atoms with van der Waals surface area (Å²) in [5.41, 5.74) is 1.42. The summed E-state index contributed by atoms with van der Waals surface area (Å²) in [4.78, 5) is 0. The second-order valence-electron chi connectivity index (χ2n) is 4.09. The van der Waals surface area contributed by atoms with Gasteiger partial charge in [-0.05, 0) is 0 Å². The molecule has 1 rings (SSSR count). The van der Waals surface area contributed by atoms with E-state index in [1.807, 2.05) is 11.8 Å². The Kier molecular flexibility index (Phi) is 6.95. The molecule has 0 radical (unpaired) electrons. The summed E-state index contributed by atoms with van der Waals surface area (Å²) in [5.74, 6) is 1.94. The molecular formula is C14H20SSe. The summed E-state index contributed by atoms with van der Waals surface area (Å²) >= 11 is 2.67. The van der Waals surface area contributed by atoms with Crippen LogP contribution in [-0.4, -0.2) is 15.0 Å². The van der Waals surface area contributed by atoms with Crippen LogP contribution in [0.5, 0.6) is 0 Å². The average Bonchev–Trinajstić information content (AvgIpc) is 2.30. The molecule has 0 aliphatic rings. The summed E-state index contributed by atoms with van der Waals surface area (Å²) < 4.78 is 1.59. The molecule has 88 valence electrons. The predicted octanol–water partition coefficient (Wildman–Crippen LogP) is 4.56. The van der Waals surface area contributed by atoms with Gasteiger partial charge < -0.3 is 0 Å². The zero-order valence-electron chi connectivity index (χ0n) is 10.3. The molecule has 0 atom stereocenters. The minimum atomic E-state index is 0.669. The van der Waals surface area contributed by atoms with Gasteiger partial charge in [0.05, 0.1) is 0 Å². The fourth-order valence-electron chi connectivity index (χ4n) is 1.19. The van der Waals surface area contributed by atoms with Gasteiger partial charge in [0.15, 0.2) is 0 Å². The van der Waals surface area contributed by atoms with Crippen molar-refractivity contribution in [1.82, 2.24) is 0 Å². The first-order valence-electron chi connectivity index (χ1n) is 5.68. The van der Waals surface area contributed by atoms with Gasteiger partial charge >= 0.3 is 110 Å². The first kappa shape index (κ1) is 13.9. The molecule has 0 N–H and O–H groups in total. The standard InChI is InChI=1S/C14H20SSe/c1-4-14(16-11-12(2)3)15-10-13-8-6-5-7-9-13/h4-9,12H,10-11H2,1-3H3/b14-4+. The molecule has 0 bridgehead atoms. The van der Waals surface area contributed by atoms with Gasteiger partial charge in [0, 0.05) is 0 Å². The average molecular weight is 299 g/mol. The van der Waals surface area contributed by atoms with Crippen LogP contribution in [0.25, 0.3) is 0 Å². The van der Waals surface area contributed by atoms with E-state index in [0.29, 0.717) is 15.0 Å². The van der Waals surface area contributed by atoms with E-state index < -0.39 is 0 Å². The van der Waals surface area contributed by atoms with E-state index in [1.165, 1.54) is 10.9 Å². The molecule has 16 heavy (non-hydrogen) atoms. The van der Waals surface area contributed by atoms with Gasteiger partial charge in [-0.15, -0.1) is 0 Å². The van der Waals surface area contributed by atoms with Crippen molar-refractivity contribution >= 4 is 26.7 Å². The van der Waals surface area contributed by atoms with Gasteiger partial charge in [-0.25, -0.2) is 0 Å². The molecule has 0 fully saturated rings. The molecule has 0 saturated heterocycles. The Labute approximate surface area is 110 Å². The number of allylic oxidation sites excluding steroid dienone is 1. The Morgan fingerprint density at radius 2 is 2.00 bits per heavy atom. The summed E-state index contributed by atoms with van der Waals surface area (Å²) in [6.07, 6.45) is 2.29. The number of thioether (sulfide) groups is 1. The molecule has 0 unspecified atom stereocenters. The molecule has 0 aromatic heterocycles. The van der Waals surface area contributed by atoms with Crippen LogP contribution in [0.1, 0.15) is 26.3 Å². The van der Waals surface area contributed by atoms with E-state index in [4.69, 9.17) is 0 Å². The van der Waals surface area contributed by atoms with Crippen molar-refractivity contribution in [2.75, 3.05) is 0 Å². The molecule has 0 amide bonds. The first-order chi connectivity index (χ1) is 7.72. The number of benzene rings is 1. The van der Waals surface area contributed by atoms with Crippen LogP contribution in [-0.2, 0) is 5.75 Å². The number of rotatable bonds is 6. The molecule has 0 aliphatic carbocycles. The molecule has 0 nitrogen and oxygen atoms in total. The number of hydrogen-bond acceptors (Lipinski definition) is 1. The van der Waals surface area contributed by atoms with Crippen LogP contribution in [0, 0.1) is 5.92 Å². The van der Waals surface area contributed by atoms with Gasteiger partial charge in [-0.1, -0.05) is 0 Å². The van der Waals surface area contributed by atoms with E-state index >= 15 is 0 Å². The summed E-state index contributed by atoms with van der Waals surface area (Å²) in [6.45, 7) is 6.77. The normalized spacial score (nSPS) is 12.1. The van der Waals surface area contributed by atoms with Crippen molar-refractivity contribution in [1.29, 1.82) is 0 Å². The Balaban J connectivity index is 2.35. The number of hydrogen-bond donors (Lipinski definition) is 0. The fourth-order valence-corrected chi connectivity index (χ4v) is 4.58. The molecule has 0 saturated carbocycles. The molecular weight excluding hydrogens is 279 g/mol. The van der Waals surface area contributed by atoms with E-state index in [0.717, 1.165) is 11.7 Å². The van der Waals surface area contributed by atoms with E-state index in [1.54, 1.807) is 3.80 Å². The zero-order valence-corrected chi connectivity index (χ0v) is 12.8. The van der Waals surface area contributed by atoms with Crippen LogP contribution in [0.3, 0.4) is 0 Å². The predicted molar refractivity (Wildman–Crippen MR) is 76.9 cm³/mol. The van der Waals surface area contributed by atoms with Gasteiger partial charge in [0.1, 0.15) is 0 Å². The zero-order chi connectivity index (χ0) is 11.8. The van der Waals surface area contributed by atoms with E-state index in [-0.39, 0.29) is 0 Å². The Morgan fingerprint density at radius 1 is 1.31 bits per heavy atom. The van der Waals surface area contributed by atoms with E-state index in [2.05, 4.69) is 57.2 Å². The van der Waals surface area contributed by atoms with Gasteiger partial charge in [-0.2, -0.15) is 0 Å². The maximum absolute atomic E-state index is 2.30. The third-order valence-electron chi connectivity index (χ3n) is 2.02. The summed E-state index contributed by atoms with van der Waals surface area (Å²) in [6, 6.07) is 10.7. The molecule has 1 aromatic rings. The molecule has 1 aromatic carbocycles. The third kappa shape index (κ3) is 5.79. The Morgan fingerprint density at radius 3 is 2.56 bits per heavy atom. The SMILES string of the molecule is C/C=C(\SCc1ccccc1)[Se]CC(C)C. The molecule has 0 spiro atoms. The Bertz CT molecular complexity index is 317. The Hall–Kier alpha value is -0.171. The van der Waals surface area contributed by atoms with E-state index in [9.17, 15) is 0 Å². The van der Waals surface area contributed by atoms with Gasteiger partial charge in [0.25, 0.3) is 0 Å². The van der Waals surface area contributed by atoms with Crippen molar-refractivity contribution in [2.45, 2.75) is 31.8 Å². The van der Waals surface area contributed by atoms with Crippen molar-refractivity contribution in [2.24, 2.45) is 5.92 Å². The van der Waals surface area contributed by atoms with Crippen LogP contribution in [0.4, 0.5) is 0 Å². The van der Waals surface area contributed by atoms with Gasteiger partial charge in [-0.3, -0.25) is 0 Å². The van der Waals surface area contributed by atoms with Crippen LogP contribution >= 0.6 is 11.8 Å². The summed E-state index contributed by atoms with van der Waals surface area (Å²) in [5, 5.41) is 1.36. The minimum absolute atomic E-state index is 0.669. The molecule has 2 heteroatoms. The fraction of sp³-hybridized carbons (Fsp3) is 0.429. The van der Waals surface area contributed by atoms with Crippen molar-refractivity contribution in [3.63, 3.8) is 0 Å². The van der Waals surface area contributed by atoms with Crippen LogP contribution < -0.4 is 0 Å². The quantitative estimate of drug-likeness (QED) is 0.694. The molecule has 0 heterocycles. The maximum atomic E-state index is 2.30. The second kappa shape index (κ2) is 8.00. The second-order valence-corrected chi connectivity index (χ2v) is 7.92. The molecule has 0 aliphatic heterocycles. The van der Waals surface area contributed by atoms with Crippen LogP contribution in [0.2, 0.25) is 5.32 Å². The summed E-state index contributed by atoms with van der Waals surface area (Å²) in [7, 11) is 0. The first-order valence-corrected chi connectivity index (χ1v) is 8.73. The monoisotopic (exact) mass is 300 g/mol.